The third kappa shape index (κ3) is 17.7. The van der Waals surface area contributed by atoms with E-state index in [1.807, 2.05) is 0 Å². The molecule has 88 valence electrons. The first-order valence-corrected chi connectivity index (χ1v) is 4.30. The van der Waals surface area contributed by atoms with Gasteiger partial charge in [-0.25, -0.2) is 0 Å². The van der Waals surface area contributed by atoms with Crippen molar-refractivity contribution in [2.24, 2.45) is 0 Å². The molecule has 0 saturated carbocycles. The Balaban J connectivity index is 0. The lowest BCUT2D eigenvalue weighted by Gasteiger charge is -2.08. The summed E-state index contributed by atoms with van der Waals surface area (Å²) < 4.78 is 9.46. The molecule has 0 radical (unpaired) electrons. The molecule has 0 bridgehead atoms. The van der Waals surface area contributed by atoms with Gasteiger partial charge in [-0.3, -0.25) is 0 Å². The fourth-order valence-corrected chi connectivity index (χ4v) is 0.524. The summed E-state index contributed by atoms with van der Waals surface area (Å²) in [5.41, 5.74) is 0. The van der Waals surface area contributed by atoms with E-state index in [1.165, 1.54) is 7.11 Å². The SMILES string of the molecule is COCC(O)COCCO.OCCO. The zero-order valence-electron chi connectivity index (χ0n) is 8.43. The fraction of sp³-hybridized carbons (Fsp3) is 1.00. The molecule has 0 rings (SSSR count). The minimum absolute atomic E-state index is 0.0142. The van der Waals surface area contributed by atoms with Crippen molar-refractivity contribution in [1.82, 2.24) is 0 Å². The fourth-order valence-electron chi connectivity index (χ4n) is 0.524. The molecule has 0 saturated heterocycles. The Morgan fingerprint density at radius 2 is 1.57 bits per heavy atom. The van der Waals surface area contributed by atoms with Gasteiger partial charge in [0.25, 0.3) is 0 Å². The number of aliphatic hydroxyl groups excluding tert-OH is 4. The Morgan fingerprint density at radius 1 is 1.00 bits per heavy atom. The van der Waals surface area contributed by atoms with Gasteiger partial charge in [0.15, 0.2) is 0 Å². The summed E-state index contributed by atoms with van der Waals surface area (Å²) in [6.45, 7) is 0.486. The van der Waals surface area contributed by atoms with Crippen molar-refractivity contribution in [2.45, 2.75) is 6.10 Å². The second-order valence-corrected chi connectivity index (χ2v) is 2.35. The Hall–Kier alpha value is -0.240. The standard InChI is InChI=1S/C6H14O4.C2H6O2/c1-9-4-6(8)5-10-3-2-7;3-1-2-4/h6-8H,2-5H2,1H3;3-4H,1-2H2. The van der Waals surface area contributed by atoms with E-state index in [4.69, 9.17) is 25.2 Å². The molecular formula is C8H20O6. The summed E-state index contributed by atoms with van der Waals surface area (Å²) >= 11 is 0. The zero-order chi connectivity index (χ0) is 11.2. The van der Waals surface area contributed by atoms with Crippen molar-refractivity contribution in [3.05, 3.63) is 0 Å². The van der Waals surface area contributed by atoms with E-state index >= 15 is 0 Å². The third-order valence-corrected chi connectivity index (χ3v) is 1.00. The van der Waals surface area contributed by atoms with Crippen molar-refractivity contribution >= 4 is 0 Å². The normalized spacial score (nSPS) is 11.8. The molecule has 6 nitrogen and oxygen atoms in total. The quantitative estimate of drug-likeness (QED) is 0.363. The first-order valence-electron chi connectivity index (χ1n) is 4.30. The zero-order valence-corrected chi connectivity index (χ0v) is 8.43. The molecule has 6 heteroatoms. The van der Waals surface area contributed by atoms with Gasteiger partial charge in [0.2, 0.25) is 0 Å². The summed E-state index contributed by atoms with van der Waals surface area (Å²) in [4.78, 5) is 0. The van der Waals surface area contributed by atoms with Crippen LogP contribution in [0.4, 0.5) is 0 Å². The average molecular weight is 212 g/mol. The number of aliphatic hydroxyl groups is 4. The molecule has 0 aromatic rings. The van der Waals surface area contributed by atoms with Gasteiger partial charge in [-0.1, -0.05) is 0 Å². The molecule has 4 N–H and O–H groups in total. The van der Waals surface area contributed by atoms with Gasteiger partial charge in [0.1, 0.15) is 6.10 Å². The lowest BCUT2D eigenvalue weighted by atomic mass is 10.4. The largest absolute Gasteiger partial charge is 0.394 e. The van der Waals surface area contributed by atoms with Crippen LogP contribution in [-0.2, 0) is 9.47 Å². The van der Waals surface area contributed by atoms with E-state index < -0.39 is 6.10 Å². The van der Waals surface area contributed by atoms with Gasteiger partial charge in [-0.15, -0.1) is 0 Å². The minimum Gasteiger partial charge on any atom is -0.394 e. The van der Waals surface area contributed by atoms with Crippen molar-refractivity contribution in [2.75, 3.05) is 46.8 Å². The maximum atomic E-state index is 8.94. The van der Waals surface area contributed by atoms with Crippen LogP contribution >= 0.6 is 0 Å². The van der Waals surface area contributed by atoms with Gasteiger partial charge in [0.05, 0.1) is 39.6 Å². The van der Waals surface area contributed by atoms with Crippen LogP contribution in [0.5, 0.6) is 0 Å². The number of hydrogen-bond acceptors (Lipinski definition) is 6. The lowest BCUT2D eigenvalue weighted by molar-refractivity contribution is -0.0140. The van der Waals surface area contributed by atoms with Crippen LogP contribution in [0.15, 0.2) is 0 Å². The van der Waals surface area contributed by atoms with Crippen LogP contribution in [0.3, 0.4) is 0 Å². The number of hydrogen-bond donors (Lipinski definition) is 4. The summed E-state index contributed by atoms with van der Waals surface area (Å²) in [7, 11) is 1.51. The first kappa shape index (κ1) is 16.2. The predicted octanol–water partition coefficient (Wildman–Crippen LogP) is -2.03. The predicted molar refractivity (Wildman–Crippen MR) is 50.0 cm³/mol. The number of methoxy groups -OCH3 is 1. The van der Waals surface area contributed by atoms with E-state index in [-0.39, 0.29) is 39.6 Å². The van der Waals surface area contributed by atoms with E-state index in [9.17, 15) is 0 Å². The summed E-state index contributed by atoms with van der Waals surface area (Å²) in [5, 5.41) is 32.5. The van der Waals surface area contributed by atoms with Gasteiger partial charge in [0, 0.05) is 7.11 Å². The van der Waals surface area contributed by atoms with Gasteiger partial charge in [-0.05, 0) is 0 Å². The number of ether oxygens (including phenoxy) is 2. The number of rotatable bonds is 7. The second-order valence-electron chi connectivity index (χ2n) is 2.35. The molecular weight excluding hydrogens is 192 g/mol. The summed E-state index contributed by atoms with van der Waals surface area (Å²) in [6, 6.07) is 0. The van der Waals surface area contributed by atoms with Crippen LogP contribution in [0.2, 0.25) is 0 Å². The van der Waals surface area contributed by atoms with E-state index in [1.54, 1.807) is 0 Å². The van der Waals surface area contributed by atoms with Crippen LogP contribution in [0, 0.1) is 0 Å². The molecule has 0 heterocycles. The van der Waals surface area contributed by atoms with Crippen LogP contribution in [0.1, 0.15) is 0 Å². The maximum Gasteiger partial charge on any atom is 0.101 e. The molecule has 0 aliphatic carbocycles. The smallest absolute Gasteiger partial charge is 0.101 e. The van der Waals surface area contributed by atoms with Crippen molar-refractivity contribution in [3.63, 3.8) is 0 Å². The minimum atomic E-state index is -0.587. The van der Waals surface area contributed by atoms with Gasteiger partial charge in [-0.2, -0.15) is 0 Å². The highest BCUT2D eigenvalue weighted by Gasteiger charge is 2.01. The van der Waals surface area contributed by atoms with Crippen LogP contribution in [-0.4, -0.2) is 73.3 Å². The topological polar surface area (TPSA) is 99.4 Å². The highest BCUT2D eigenvalue weighted by molar-refractivity contribution is 4.49. The molecule has 0 aliphatic heterocycles. The van der Waals surface area contributed by atoms with E-state index in [0.717, 1.165) is 0 Å². The second kappa shape index (κ2) is 15.2. The first-order chi connectivity index (χ1) is 6.72. The van der Waals surface area contributed by atoms with Crippen molar-refractivity contribution in [3.8, 4) is 0 Å². The Labute approximate surface area is 83.7 Å². The van der Waals surface area contributed by atoms with Gasteiger partial charge >= 0.3 is 0 Å². The summed E-state index contributed by atoms with van der Waals surface area (Å²) in [6.07, 6.45) is -0.587. The Bertz CT molecular complexity index is 87.9. The highest BCUT2D eigenvalue weighted by Crippen LogP contribution is 1.84. The summed E-state index contributed by atoms with van der Waals surface area (Å²) in [5.74, 6) is 0. The van der Waals surface area contributed by atoms with Gasteiger partial charge < -0.3 is 29.9 Å². The van der Waals surface area contributed by atoms with E-state index in [2.05, 4.69) is 4.74 Å². The average Bonchev–Trinajstić information content (AvgIpc) is 2.19. The monoisotopic (exact) mass is 212 g/mol. The molecule has 0 aromatic carbocycles. The molecule has 0 fully saturated rings. The Kier molecular flexibility index (Phi) is 17.6. The third-order valence-electron chi connectivity index (χ3n) is 1.00. The lowest BCUT2D eigenvalue weighted by Crippen LogP contribution is -2.21. The molecule has 0 aliphatic rings. The molecule has 0 spiro atoms. The van der Waals surface area contributed by atoms with Crippen molar-refractivity contribution in [1.29, 1.82) is 0 Å². The molecule has 14 heavy (non-hydrogen) atoms. The Morgan fingerprint density at radius 3 is 1.93 bits per heavy atom. The highest BCUT2D eigenvalue weighted by atomic mass is 16.5. The molecule has 1 unspecified atom stereocenters. The molecule has 1 atom stereocenters. The molecule has 0 aromatic heterocycles. The van der Waals surface area contributed by atoms with Crippen molar-refractivity contribution < 1.29 is 29.9 Å². The van der Waals surface area contributed by atoms with Crippen LogP contribution in [0.25, 0.3) is 0 Å². The van der Waals surface area contributed by atoms with Crippen LogP contribution < -0.4 is 0 Å². The maximum absolute atomic E-state index is 8.94. The molecule has 0 amide bonds. The van der Waals surface area contributed by atoms with E-state index in [0.29, 0.717) is 0 Å².